The van der Waals surface area contributed by atoms with E-state index < -0.39 is 74.5 Å². The molecule has 2 aromatic rings. The van der Waals surface area contributed by atoms with Crippen molar-refractivity contribution in [2.75, 3.05) is 19.4 Å². The minimum absolute atomic E-state index is 0. The second-order valence-electron chi connectivity index (χ2n) is 10.9. The lowest BCUT2D eigenvalue weighted by Gasteiger charge is -2.50. The number of phenolic OH excluding ortho intramolecular Hbond substituents is 2. The zero-order chi connectivity index (χ0) is 30.8. The molecular formula is C29H29Br2N3O9. The van der Waals surface area contributed by atoms with Crippen LogP contribution in [0.4, 0.5) is 5.69 Å². The lowest BCUT2D eigenvalue weighted by molar-refractivity contribution is -0.153. The standard InChI is InChI=1S/C29H28BrN3O9.BrH/c1-33(2)21-15-10-13-9-12-5-8-16(32-28(41)20(30)11-3-6-14(34)7-4-11)22(35)17(12)23(36)18(13)25(38)29(15,42)26(39)19(24(21)37)27(31)40;/h3-8,13,15,20-21,34-36,39,42H,9-10H2,1-2H3,(H2,31,40)(H,32,41);1H/t13?,15?,20?,21-,29-;/m0./s1. The predicted molar refractivity (Wildman–Crippen MR) is 163 cm³/mol. The minimum Gasteiger partial charge on any atom is -0.508 e. The van der Waals surface area contributed by atoms with Gasteiger partial charge in [0.05, 0.1) is 17.3 Å². The molecule has 2 aromatic carbocycles. The van der Waals surface area contributed by atoms with Crippen LogP contribution in [0.15, 0.2) is 53.3 Å². The summed E-state index contributed by atoms with van der Waals surface area (Å²) in [5.41, 5.74) is 2.19. The number of hydrogen-bond acceptors (Lipinski definition) is 10. The van der Waals surface area contributed by atoms with Gasteiger partial charge in [0, 0.05) is 11.5 Å². The summed E-state index contributed by atoms with van der Waals surface area (Å²) in [4.78, 5) is 52.7. The molecule has 1 fully saturated rings. The fourth-order valence-electron chi connectivity index (χ4n) is 6.31. The van der Waals surface area contributed by atoms with Crippen molar-refractivity contribution in [1.82, 2.24) is 4.90 Å². The number of amides is 2. The summed E-state index contributed by atoms with van der Waals surface area (Å²) in [5, 5.41) is 57.1. The van der Waals surface area contributed by atoms with E-state index in [1.165, 1.54) is 49.3 Å². The van der Waals surface area contributed by atoms with Gasteiger partial charge in [0.2, 0.25) is 11.7 Å². The van der Waals surface area contributed by atoms with Crippen molar-refractivity contribution in [1.29, 1.82) is 0 Å². The molecule has 14 heteroatoms. The molecule has 0 spiro atoms. The van der Waals surface area contributed by atoms with Crippen LogP contribution in [-0.4, -0.2) is 79.6 Å². The molecule has 2 amide bonds. The van der Waals surface area contributed by atoms with E-state index in [2.05, 4.69) is 21.2 Å². The molecule has 8 N–H and O–H groups in total. The van der Waals surface area contributed by atoms with Gasteiger partial charge in [-0.2, -0.15) is 0 Å². The van der Waals surface area contributed by atoms with Gasteiger partial charge in [-0.3, -0.25) is 24.1 Å². The van der Waals surface area contributed by atoms with Crippen molar-refractivity contribution in [2.24, 2.45) is 17.6 Å². The maximum Gasteiger partial charge on any atom is 0.255 e. The first-order valence-electron chi connectivity index (χ1n) is 12.9. The summed E-state index contributed by atoms with van der Waals surface area (Å²) < 4.78 is 0. The van der Waals surface area contributed by atoms with Crippen molar-refractivity contribution < 1.29 is 44.7 Å². The maximum atomic E-state index is 13.9. The lowest BCUT2D eigenvalue weighted by Crippen LogP contribution is -2.65. The second kappa shape index (κ2) is 11.4. The molecule has 1 saturated carbocycles. The Hall–Kier alpha value is -3.72. The number of fused-ring (bicyclic) bond motifs is 3. The fraction of sp³-hybridized carbons (Fsp3) is 0.310. The van der Waals surface area contributed by atoms with Crippen molar-refractivity contribution in [3.63, 3.8) is 0 Å². The van der Waals surface area contributed by atoms with E-state index in [9.17, 15) is 44.7 Å². The molecule has 228 valence electrons. The van der Waals surface area contributed by atoms with Crippen LogP contribution in [0, 0.1) is 11.8 Å². The number of ketones is 2. The number of anilines is 1. The van der Waals surface area contributed by atoms with Crippen LogP contribution in [0.1, 0.15) is 27.9 Å². The van der Waals surface area contributed by atoms with Crippen molar-refractivity contribution in [3.05, 3.63) is 70.0 Å². The first-order valence-corrected chi connectivity index (χ1v) is 13.8. The van der Waals surface area contributed by atoms with E-state index in [4.69, 9.17) is 5.73 Å². The zero-order valence-corrected chi connectivity index (χ0v) is 26.2. The number of phenols is 2. The van der Waals surface area contributed by atoms with E-state index in [1.807, 2.05) is 0 Å². The number of Topliss-reactive ketones (excluding diaryl/α,β-unsaturated/α-hetero) is 2. The molecule has 0 heterocycles. The number of aliphatic hydroxyl groups excluding tert-OH is 2. The largest absolute Gasteiger partial charge is 0.508 e. The quantitative estimate of drug-likeness (QED) is 0.136. The monoisotopic (exact) mass is 721 g/mol. The summed E-state index contributed by atoms with van der Waals surface area (Å²) in [6, 6.07) is 7.76. The molecule has 43 heavy (non-hydrogen) atoms. The second-order valence-corrected chi connectivity index (χ2v) is 11.8. The third-order valence-electron chi connectivity index (χ3n) is 8.27. The molecule has 5 atom stereocenters. The summed E-state index contributed by atoms with van der Waals surface area (Å²) in [5.74, 6) is -8.02. The van der Waals surface area contributed by atoms with E-state index in [1.54, 1.807) is 6.07 Å². The van der Waals surface area contributed by atoms with Crippen molar-refractivity contribution in [3.8, 4) is 11.5 Å². The first kappa shape index (κ1) is 32.2. The number of nitrogens with one attached hydrogen (secondary N) is 1. The number of halogens is 2. The lowest BCUT2D eigenvalue weighted by atomic mass is 9.57. The zero-order valence-electron chi connectivity index (χ0n) is 22.9. The number of nitrogens with two attached hydrogens (primary N) is 1. The van der Waals surface area contributed by atoms with Crippen LogP contribution < -0.4 is 11.1 Å². The molecule has 3 unspecified atom stereocenters. The molecular weight excluding hydrogens is 694 g/mol. The Labute approximate surface area is 264 Å². The highest BCUT2D eigenvalue weighted by Crippen LogP contribution is 2.53. The highest BCUT2D eigenvalue weighted by molar-refractivity contribution is 9.09. The summed E-state index contributed by atoms with van der Waals surface area (Å²) in [7, 11) is 3.06. The Morgan fingerprint density at radius 1 is 1.07 bits per heavy atom. The van der Waals surface area contributed by atoms with Gasteiger partial charge in [-0.05, 0) is 62.2 Å². The highest BCUT2D eigenvalue weighted by Gasteiger charge is 2.64. The summed E-state index contributed by atoms with van der Waals surface area (Å²) >= 11 is 3.28. The Bertz CT molecular complexity index is 1620. The van der Waals surface area contributed by atoms with Crippen molar-refractivity contribution in [2.45, 2.75) is 29.3 Å². The van der Waals surface area contributed by atoms with Gasteiger partial charge in [-0.15, -0.1) is 17.0 Å². The number of carbonyl (C=O) groups is 4. The SMILES string of the molecule is Br.CN(C)[C@@H]1C(=O)C(C(N)=O)=C(O)[C@@]2(O)C(=O)C3=C(O)c4c(ccc(NC(=O)C(Br)c5ccc(O)cc5)c4O)CC3CC12. The average molecular weight is 723 g/mol. The number of carbonyl (C=O) groups excluding carboxylic acids is 4. The number of rotatable bonds is 5. The number of aliphatic hydroxyl groups is 3. The van der Waals surface area contributed by atoms with E-state index in [0.29, 0.717) is 11.1 Å². The van der Waals surface area contributed by atoms with E-state index >= 15 is 0 Å². The number of likely N-dealkylation sites (N-methyl/N-ethyl adjacent to an activating group) is 1. The van der Waals surface area contributed by atoms with Gasteiger partial charge >= 0.3 is 0 Å². The Morgan fingerprint density at radius 2 is 1.70 bits per heavy atom. The molecule has 0 aliphatic heterocycles. The molecule has 12 nitrogen and oxygen atoms in total. The highest BCUT2D eigenvalue weighted by atomic mass is 79.9. The van der Waals surface area contributed by atoms with Crippen molar-refractivity contribution >= 4 is 67.7 Å². The Kier molecular flexibility index (Phi) is 8.55. The van der Waals surface area contributed by atoms with Crippen LogP contribution in [0.25, 0.3) is 5.76 Å². The molecule has 5 rings (SSSR count). The minimum atomic E-state index is -2.74. The molecule has 0 radical (unpaired) electrons. The Balaban J connectivity index is 0.00000423. The van der Waals surface area contributed by atoms with Crippen LogP contribution in [0.3, 0.4) is 0 Å². The number of nitrogens with zero attached hydrogens (tertiary/aromatic N) is 1. The smallest absolute Gasteiger partial charge is 0.255 e. The van der Waals surface area contributed by atoms with Crippen LogP contribution in [-0.2, 0) is 25.6 Å². The van der Waals surface area contributed by atoms with Gasteiger partial charge in [0.25, 0.3) is 5.91 Å². The predicted octanol–water partition coefficient (Wildman–Crippen LogP) is 2.32. The van der Waals surface area contributed by atoms with Crippen LogP contribution >= 0.6 is 32.9 Å². The fourth-order valence-corrected chi connectivity index (χ4v) is 6.73. The number of hydrogen-bond donors (Lipinski definition) is 7. The Morgan fingerprint density at radius 3 is 2.28 bits per heavy atom. The topological polar surface area (TPSA) is 211 Å². The summed E-state index contributed by atoms with van der Waals surface area (Å²) in [6.45, 7) is 0. The third kappa shape index (κ3) is 4.91. The molecule has 0 saturated heterocycles. The number of aromatic hydroxyl groups is 2. The van der Waals surface area contributed by atoms with Gasteiger partial charge in [0.15, 0.2) is 11.4 Å². The summed E-state index contributed by atoms with van der Waals surface area (Å²) in [6.07, 6.45) is 0.105. The molecule has 0 aromatic heterocycles. The van der Waals surface area contributed by atoms with E-state index in [-0.39, 0.29) is 52.4 Å². The normalized spacial score (nSPS) is 25.4. The van der Waals surface area contributed by atoms with Crippen LogP contribution in [0.2, 0.25) is 0 Å². The van der Waals surface area contributed by atoms with Gasteiger partial charge in [0.1, 0.15) is 33.4 Å². The molecule has 3 aliphatic rings. The first-order chi connectivity index (χ1) is 19.7. The average Bonchev–Trinajstić information content (AvgIpc) is 2.91. The number of alkyl halides is 1. The molecule has 0 bridgehead atoms. The van der Waals surface area contributed by atoms with Gasteiger partial charge < -0.3 is 36.6 Å². The number of primary amides is 1. The third-order valence-corrected chi connectivity index (χ3v) is 9.21. The maximum absolute atomic E-state index is 13.9. The van der Waals surface area contributed by atoms with Crippen LogP contribution in [0.5, 0.6) is 11.5 Å². The van der Waals surface area contributed by atoms with Gasteiger partial charge in [-0.25, -0.2) is 0 Å². The molecule has 3 aliphatic carbocycles. The number of benzene rings is 2. The van der Waals surface area contributed by atoms with Gasteiger partial charge in [-0.1, -0.05) is 34.1 Å². The van der Waals surface area contributed by atoms with E-state index in [0.717, 1.165) is 0 Å².